The zero-order chi connectivity index (χ0) is 21.6. The van der Waals surface area contributed by atoms with Crippen molar-refractivity contribution in [3.05, 3.63) is 88.4 Å². The molecule has 0 saturated carbocycles. The van der Waals surface area contributed by atoms with Gasteiger partial charge in [0.1, 0.15) is 0 Å². The van der Waals surface area contributed by atoms with Crippen LogP contribution in [0.25, 0.3) is 0 Å². The van der Waals surface area contributed by atoms with Crippen molar-refractivity contribution < 1.29 is 14.3 Å². The lowest BCUT2D eigenvalue weighted by Gasteiger charge is -2.30. The van der Waals surface area contributed by atoms with Gasteiger partial charge in [0, 0.05) is 34.4 Å². The molecular weight excluding hydrogens is 458 g/mol. The first-order valence-corrected chi connectivity index (χ1v) is 10.8. The van der Waals surface area contributed by atoms with E-state index in [4.69, 9.17) is 4.74 Å². The molecule has 1 aliphatic rings. The summed E-state index contributed by atoms with van der Waals surface area (Å²) in [7, 11) is 0. The molecule has 6 nitrogen and oxygen atoms in total. The first-order chi connectivity index (χ1) is 15.1. The van der Waals surface area contributed by atoms with Gasteiger partial charge < -0.3 is 20.3 Å². The number of hydrogen-bond acceptors (Lipinski definition) is 4. The molecular formula is C24H22BrN3O3. The molecule has 1 fully saturated rings. The number of carbonyl (C=O) groups excluding carboxylic acids is 2. The Kier molecular flexibility index (Phi) is 6.64. The fourth-order valence-electron chi connectivity index (χ4n) is 3.38. The van der Waals surface area contributed by atoms with E-state index >= 15 is 0 Å². The number of anilines is 3. The summed E-state index contributed by atoms with van der Waals surface area (Å²) >= 11 is 3.48. The molecule has 158 valence electrons. The highest BCUT2D eigenvalue weighted by molar-refractivity contribution is 9.10. The molecule has 0 bridgehead atoms. The van der Waals surface area contributed by atoms with E-state index in [-0.39, 0.29) is 11.8 Å². The van der Waals surface area contributed by atoms with Gasteiger partial charge in [0.25, 0.3) is 11.8 Å². The Labute approximate surface area is 189 Å². The smallest absolute Gasteiger partial charge is 0.255 e. The molecule has 1 heterocycles. The molecule has 1 aliphatic heterocycles. The highest BCUT2D eigenvalue weighted by Crippen LogP contribution is 2.30. The third-order valence-corrected chi connectivity index (χ3v) is 5.49. The SMILES string of the molecule is O=C(Nc1ccc(C(=O)Nc2cc(Br)ccc2N2CCOCC2)cc1)c1ccccc1. The molecule has 31 heavy (non-hydrogen) atoms. The van der Waals surface area contributed by atoms with Crippen LogP contribution in [0.15, 0.2) is 77.3 Å². The molecule has 3 aromatic rings. The number of hydrogen-bond donors (Lipinski definition) is 2. The van der Waals surface area contributed by atoms with E-state index in [9.17, 15) is 9.59 Å². The van der Waals surface area contributed by atoms with Crippen LogP contribution in [0.5, 0.6) is 0 Å². The number of nitrogens with zero attached hydrogens (tertiary/aromatic N) is 1. The zero-order valence-electron chi connectivity index (χ0n) is 16.8. The van der Waals surface area contributed by atoms with Gasteiger partial charge in [-0.3, -0.25) is 9.59 Å². The van der Waals surface area contributed by atoms with Crippen LogP contribution < -0.4 is 15.5 Å². The highest BCUT2D eigenvalue weighted by atomic mass is 79.9. The first-order valence-electron chi connectivity index (χ1n) is 10.0. The zero-order valence-corrected chi connectivity index (χ0v) is 18.4. The van der Waals surface area contributed by atoms with Crippen LogP contribution in [-0.4, -0.2) is 38.1 Å². The summed E-state index contributed by atoms with van der Waals surface area (Å²) in [6.45, 7) is 2.89. The summed E-state index contributed by atoms with van der Waals surface area (Å²) < 4.78 is 6.32. The average Bonchev–Trinajstić information content (AvgIpc) is 2.81. The van der Waals surface area contributed by atoms with Gasteiger partial charge in [-0.2, -0.15) is 0 Å². The molecule has 0 radical (unpaired) electrons. The fraction of sp³-hybridized carbons (Fsp3) is 0.167. The van der Waals surface area contributed by atoms with Crippen molar-refractivity contribution in [2.45, 2.75) is 0 Å². The van der Waals surface area contributed by atoms with E-state index in [0.29, 0.717) is 30.0 Å². The van der Waals surface area contributed by atoms with Crippen LogP contribution in [0.3, 0.4) is 0 Å². The minimum absolute atomic E-state index is 0.193. The second-order valence-corrected chi connectivity index (χ2v) is 8.03. The van der Waals surface area contributed by atoms with Crippen molar-refractivity contribution in [2.24, 2.45) is 0 Å². The molecule has 4 rings (SSSR count). The summed E-state index contributed by atoms with van der Waals surface area (Å²) in [6, 6.07) is 21.7. The van der Waals surface area contributed by atoms with E-state index in [0.717, 1.165) is 28.9 Å². The largest absolute Gasteiger partial charge is 0.378 e. The first kappa shape index (κ1) is 21.1. The minimum atomic E-state index is -0.214. The summed E-state index contributed by atoms with van der Waals surface area (Å²) in [4.78, 5) is 27.3. The Balaban J connectivity index is 1.45. The quantitative estimate of drug-likeness (QED) is 0.551. The third-order valence-electron chi connectivity index (χ3n) is 5.00. The molecule has 2 N–H and O–H groups in total. The van der Waals surface area contributed by atoms with Crippen molar-refractivity contribution in [1.29, 1.82) is 0 Å². The minimum Gasteiger partial charge on any atom is -0.378 e. The molecule has 0 spiro atoms. The van der Waals surface area contributed by atoms with Crippen molar-refractivity contribution in [2.75, 3.05) is 41.8 Å². The van der Waals surface area contributed by atoms with E-state index in [1.54, 1.807) is 36.4 Å². The lowest BCUT2D eigenvalue weighted by atomic mass is 10.1. The van der Waals surface area contributed by atoms with Gasteiger partial charge in [0.05, 0.1) is 24.6 Å². The Bertz CT molecular complexity index is 1070. The number of carbonyl (C=O) groups is 2. The third kappa shape index (κ3) is 5.31. The van der Waals surface area contributed by atoms with E-state index in [2.05, 4.69) is 31.5 Å². The van der Waals surface area contributed by atoms with Gasteiger partial charge in [0.2, 0.25) is 0 Å². The molecule has 3 aromatic carbocycles. The van der Waals surface area contributed by atoms with E-state index in [1.165, 1.54) is 0 Å². The normalized spacial score (nSPS) is 13.5. The summed E-state index contributed by atoms with van der Waals surface area (Å²) in [5.74, 6) is -0.407. The number of morpholine rings is 1. The molecule has 0 aromatic heterocycles. The van der Waals surface area contributed by atoms with Crippen LogP contribution in [-0.2, 0) is 4.74 Å². The van der Waals surface area contributed by atoms with Gasteiger partial charge in [-0.05, 0) is 54.6 Å². The highest BCUT2D eigenvalue weighted by Gasteiger charge is 2.17. The van der Waals surface area contributed by atoms with Crippen LogP contribution in [0.1, 0.15) is 20.7 Å². The van der Waals surface area contributed by atoms with E-state index < -0.39 is 0 Å². The Morgan fingerprint density at radius 2 is 1.45 bits per heavy atom. The second-order valence-electron chi connectivity index (χ2n) is 7.11. The van der Waals surface area contributed by atoms with E-state index in [1.807, 2.05) is 36.4 Å². The fourth-order valence-corrected chi connectivity index (χ4v) is 3.74. The van der Waals surface area contributed by atoms with Crippen LogP contribution in [0.4, 0.5) is 17.1 Å². The number of ether oxygens (including phenoxy) is 1. The molecule has 7 heteroatoms. The number of halogens is 1. The molecule has 0 atom stereocenters. The van der Waals surface area contributed by atoms with Gasteiger partial charge in [-0.25, -0.2) is 0 Å². The maximum Gasteiger partial charge on any atom is 0.255 e. The van der Waals surface area contributed by atoms with Crippen molar-refractivity contribution in [3.8, 4) is 0 Å². The number of benzene rings is 3. The molecule has 0 unspecified atom stereocenters. The topological polar surface area (TPSA) is 70.7 Å². The Morgan fingerprint density at radius 3 is 2.16 bits per heavy atom. The van der Waals surface area contributed by atoms with Crippen LogP contribution in [0.2, 0.25) is 0 Å². The van der Waals surface area contributed by atoms with Crippen LogP contribution >= 0.6 is 15.9 Å². The predicted octanol–water partition coefficient (Wildman–Crippen LogP) is 4.79. The predicted molar refractivity (Wildman–Crippen MR) is 126 cm³/mol. The summed E-state index contributed by atoms with van der Waals surface area (Å²) in [6.07, 6.45) is 0. The lowest BCUT2D eigenvalue weighted by Crippen LogP contribution is -2.36. The maximum atomic E-state index is 12.9. The van der Waals surface area contributed by atoms with Crippen molar-refractivity contribution in [1.82, 2.24) is 0 Å². The Morgan fingerprint density at radius 1 is 0.806 bits per heavy atom. The number of rotatable bonds is 5. The summed E-state index contributed by atoms with van der Waals surface area (Å²) in [5, 5.41) is 5.85. The monoisotopic (exact) mass is 479 g/mol. The van der Waals surface area contributed by atoms with Gasteiger partial charge in [-0.1, -0.05) is 34.1 Å². The lowest BCUT2D eigenvalue weighted by molar-refractivity contribution is 0.102. The van der Waals surface area contributed by atoms with Gasteiger partial charge in [0.15, 0.2) is 0 Å². The number of nitrogens with one attached hydrogen (secondary N) is 2. The Hall–Kier alpha value is -3.16. The van der Waals surface area contributed by atoms with Crippen LogP contribution in [0, 0.1) is 0 Å². The second kappa shape index (κ2) is 9.76. The molecule has 0 aliphatic carbocycles. The summed E-state index contributed by atoms with van der Waals surface area (Å²) in [5.41, 5.74) is 3.41. The van der Waals surface area contributed by atoms with Crippen molar-refractivity contribution >= 4 is 44.8 Å². The molecule has 2 amide bonds. The number of amides is 2. The molecule has 1 saturated heterocycles. The van der Waals surface area contributed by atoms with Crippen molar-refractivity contribution in [3.63, 3.8) is 0 Å². The standard InChI is InChI=1S/C24H22BrN3O3/c25-19-8-11-22(28-12-14-31-15-13-28)21(16-19)27-24(30)18-6-9-20(10-7-18)26-23(29)17-4-2-1-3-5-17/h1-11,16H,12-15H2,(H,26,29)(H,27,30). The average molecular weight is 480 g/mol. The maximum absolute atomic E-state index is 12.9. The van der Waals surface area contributed by atoms with Gasteiger partial charge in [-0.15, -0.1) is 0 Å². The van der Waals surface area contributed by atoms with Gasteiger partial charge >= 0.3 is 0 Å².